The predicted octanol–water partition coefficient (Wildman–Crippen LogP) is 3.04. The number of carbonyl (C=O) groups is 1. The molecular formula is C16H19Cl2N3O2. The van der Waals surface area contributed by atoms with Crippen LogP contribution in [0.5, 0.6) is 0 Å². The van der Waals surface area contributed by atoms with E-state index in [-0.39, 0.29) is 11.8 Å². The number of aliphatic hydroxyl groups excluding tert-OH is 1. The maximum atomic E-state index is 12.2. The van der Waals surface area contributed by atoms with E-state index >= 15 is 0 Å². The molecule has 2 aromatic rings. The Morgan fingerprint density at radius 1 is 1.48 bits per heavy atom. The molecule has 0 bridgehead atoms. The highest BCUT2D eigenvalue weighted by molar-refractivity contribution is 6.45. The zero-order valence-electron chi connectivity index (χ0n) is 13.0. The maximum Gasteiger partial charge on any atom is 0.227 e. The van der Waals surface area contributed by atoms with Crippen LogP contribution in [0.4, 0.5) is 5.69 Å². The van der Waals surface area contributed by atoms with E-state index in [4.69, 9.17) is 23.2 Å². The van der Waals surface area contributed by atoms with Crippen LogP contribution in [0.25, 0.3) is 10.9 Å². The van der Waals surface area contributed by atoms with Crippen LogP contribution in [0.15, 0.2) is 6.07 Å². The van der Waals surface area contributed by atoms with E-state index in [1.165, 1.54) is 0 Å². The topological polar surface area (TPSA) is 77.2 Å². The van der Waals surface area contributed by atoms with Crippen molar-refractivity contribution in [1.29, 1.82) is 0 Å². The summed E-state index contributed by atoms with van der Waals surface area (Å²) in [4.78, 5) is 15.5. The van der Waals surface area contributed by atoms with Gasteiger partial charge in [-0.1, -0.05) is 23.2 Å². The molecule has 2 heterocycles. The molecule has 23 heavy (non-hydrogen) atoms. The molecule has 1 amide bonds. The molecule has 0 aliphatic carbocycles. The van der Waals surface area contributed by atoms with Crippen molar-refractivity contribution in [3.05, 3.63) is 27.4 Å². The highest BCUT2D eigenvalue weighted by Gasteiger charge is 2.28. The number of benzene rings is 1. The van der Waals surface area contributed by atoms with E-state index < -0.39 is 6.10 Å². The quantitative estimate of drug-likeness (QED) is 0.683. The van der Waals surface area contributed by atoms with Crippen LogP contribution in [-0.4, -0.2) is 35.2 Å². The van der Waals surface area contributed by atoms with Gasteiger partial charge < -0.3 is 20.7 Å². The number of H-pyrrole nitrogens is 1. The van der Waals surface area contributed by atoms with Gasteiger partial charge in [-0.3, -0.25) is 4.79 Å². The lowest BCUT2D eigenvalue weighted by atomic mass is 9.96. The van der Waals surface area contributed by atoms with Gasteiger partial charge in [0.1, 0.15) is 0 Å². The molecule has 2 atom stereocenters. The van der Waals surface area contributed by atoms with Crippen molar-refractivity contribution >= 4 is 45.7 Å². The van der Waals surface area contributed by atoms with Gasteiger partial charge in [0.25, 0.3) is 0 Å². The van der Waals surface area contributed by atoms with Gasteiger partial charge in [0.2, 0.25) is 5.91 Å². The molecule has 0 fully saturated rings. The second-order valence-electron chi connectivity index (χ2n) is 5.98. The molecule has 0 unspecified atom stereocenters. The van der Waals surface area contributed by atoms with Crippen LogP contribution in [-0.2, 0) is 11.2 Å². The summed E-state index contributed by atoms with van der Waals surface area (Å²) in [6, 6.07) is 1.75. The zero-order valence-corrected chi connectivity index (χ0v) is 14.5. The smallest absolute Gasteiger partial charge is 0.227 e. The van der Waals surface area contributed by atoms with E-state index in [0.717, 1.165) is 27.8 Å². The minimum atomic E-state index is -0.502. The monoisotopic (exact) mass is 355 g/mol. The Morgan fingerprint density at radius 2 is 2.22 bits per heavy atom. The fourth-order valence-electron chi connectivity index (χ4n) is 3.06. The highest BCUT2D eigenvalue weighted by atomic mass is 35.5. The largest absolute Gasteiger partial charge is 0.392 e. The zero-order chi connectivity index (χ0) is 16.7. The van der Waals surface area contributed by atoms with Crippen LogP contribution < -0.4 is 10.6 Å². The number of anilines is 1. The first kappa shape index (κ1) is 16.4. The molecule has 1 aliphatic heterocycles. The summed E-state index contributed by atoms with van der Waals surface area (Å²) in [5.74, 6) is -0.289. The van der Waals surface area contributed by atoms with E-state index in [9.17, 15) is 9.90 Å². The standard InChI is InChI=1S/C16H19Cl2N3O2/c1-7(22)6-20-11-5-9(17)14(18)15-13(11)12-8(2)16(23)19-4-3-10(12)21-15/h5,7-8,20-22H,3-4,6H2,1-2H3,(H,19,23)/t7-,8-/m1/s1. The Balaban J connectivity index is 2.25. The summed E-state index contributed by atoms with van der Waals surface area (Å²) >= 11 is 12.6. The van der Waals surface area contributed by atoms with E-state index in [1.54, 1.807) is 13.0 Å². The molecule has 1 aliphatic rings. The van der Waals surface area contributed by atoms with Crippen LogP contribution in [0.3, 0.4) is 0 Å². The Morgan fingerprint density at radius 3 is 2.91 bits per heavy atom. The first-order chi connectivity index (χ1) is 10.9. The number of rotatable bonds is 3. The third-order valence-electron chi connectivity index (χ3n) is 4.18. The summed E-state index contributed by atoms with van der Waals surface area (Å²) in [6.45, 7) is 4.56. The number of fused-ring (bicyclic) bond motifs is 3. The Kier molecular flexibility index (Phi) is 4.45. The maximum absolute atomic E-state index is 12.2. The fourth-order valence-corrected chi connectivity index (χ4v) is 3.46. The van der Waals surface area contributed by atoms with Gasteiger partial charge in [-0.2, -0.15) is 0 Å². The number of carbonyl (C=O) groups excluding carboxylic acids is 1. The molecule has 1 aromatic heterocycles. The van der Waals surface area contributed by atoms with Crippen LogP contribution in [0.1, 0.15) is 31.0 Å². The van der Waals surface area contributed by atoms with Gasteiger partial charge in [0.15, 0.2) is 0 Å². The molecule has 0 spiro atoms. The van der Waals surface area contributed by atoms with Crippen LogP contribution in [0.2, 0.25) is 10.0 Å². The number of hydrogen-bond acceptors (Lipinski definition) is 3. The van der Waals surface area contributed by atoms with Gasteiger partial charge in [-0.15, -0.1) is 0 Å². The SMILES string of the molecule is C[C@@H](O)CNc1cc(Cl)c(Cl)c2[nH]c3c(c12)[C@@H](C)C(=O)NCC3. The average molecular weight is 356 g/mol. The molecule has 124 valence electrons. The van der Waals surface area contributed by atoms with Gasteiger partial charge in [-0.25, -0.2) is 0 Å². The summed E-state index contributed by atoms with van der Waals surface area (Å²) < 4.78 is 0. The lowest BCUT2D eigenvalue weighted by Gasteiger charge is -2.15. The van der Waals surface area contributed by atoms with E-state index in [1.807, 2.05) is 6.92 Å². The molecule has 5 nitrogen and oxygen atoms in total. The second kappa shape index (κ2) is 6.23. The summed E-state index contributed by atoms with van der Waals surface area (Å²) in [7, 11) is 0. The van der Waals surface area contributed by atoms with Crippen molar-refractivity contribution in [2.24, 2.45) is 0 Å². The molecular weight excluding hydrogens is 337 g/mol. The van der Waals surface area contributed by atoms with Crippen molar-refractivity contribution in [2.75, 3.05) is 18.4 Å². The van der Waals surface area contributed by atoms with Crippen LogP contribution in [0, 0.1) is 0 Å². The van der Waals surface area contributed by atoms with Gasteiger partial charge in [-0.05, 0) is 25.5 Å². The highest BCUT2D eigenvalue weighted by Crippen LogP contribution is 2.42. The Bertz CT molecular complexity index is 771. The van der Waals surface area contributed by atoms with E-state index in [0.29, 0.717) is 29.6 Å². The molecule has 0 saturated heterocycles. The first-order valence-electron chi connectivity index (χ1n) is 7.62. The molecule has 0 saturated carbocycles. The van der Waals surface area contributed by atoms with Crippen molar-refractivity contribution < 1.29 is 9.90 Å². The lowest BCUT2D eigenvalue weighted by Crippen LogP contribution is -2.27. The van der Waals surface area contributed by atoms with Gasteiger partial charge >= 0.3 is 0 Å². The average Bonchev–Trinajstić information content (AvgIpc) is 2.82. The summed E-state index contributed by atoms with van der Waals surface area (Å²) in [5, 5.41) is 17.4. The summed E-state index contributed by atoms with van der Waals surface area (Å²) in [6.07, 6.45) is 0.210. The third-order valence-corrected chi connectivity index (χ3v) is 4.97. The molecule has 4 N–H and O–H groups in total. The minimum Gasteiger partial charge on any atom is -0.392 e. The second-order valence-corrected chi connectivity index (χ2v) is 6.76. The lowest BCUT2D eigenvalue weighted by molar-refractivity contribution is -0.121. The Hall–Kier alpha value is -1.43. The number of amides is 1. The summed E-state index contributed by atoms with van der Waals surface area (Å²) in [5.41, 5.74) is 3.45. The number of nitrogens with one attached hydrogen (secondary N) is 3. The minimum absolute atomic E-state index is 0.00259. The first-order valence-corrected chi connectivity index (χ1v) is 8.37. The van der Waals surface area contributed by atoms with Crippen molar-refractivity contribution in [1.82, 2.24) is 10.3 Å². The number of aromatic amines is 1. The fraction of sp³-hybridized carbons (Fsp3) is 0.438. The molecule has 3 rings (SSSR count). The normalized spacial score (nSPS) is 19.2. The number of hydrogen-bond donors (Lipinski definition) is 4. The van der Waals surface area contributed by atoms with Crippen molar-refractivity contribution in [3.63, 3.8) is 0 Å². The molecule has 7 heteroatoms. The van der Waals surface area contributed by atoms with Crippen molar-refractivity contribution in [3.8, 4) is 0 Å². The predicted molar refractivity (Wildman–Crippen MR) is 93.6 cm³/mol. The number of aromatic nitrogens is 1. The number of halogens is 2. The third kappa shape index (κ3) is 2.89. The van der Waals surface area contributed by atoms with Crippen LogP contribution >= 0.6 is 23.2 Å². The number of aliphatic hydroxyl groups is 1. The van der Waals surface area contributed by atoms with Gasteiger partial charge in [0.05, 0.1) is 27.6 Å². The Labute approximate surface area is 144 Å². The van der Waals surface area contributed by atoms with Gasteiger partial charge in [0, 0.05) is 36.3 Å². The molecule has 0 radical (unpaired) electrons. The molecule has 1 aromatic carbocycles. The van der Waals surface area contributed by atoms with E-state index in [2.05, 4.69) is 15.6 Å². The van der Waals surface area contributed by atoms with Crippen molar-refractivity contribution in [2.45, 2.75) is 32.3 Å².